The predicted octanol–water partition coefficient (Wildman–Crippen LogP) is 3.97. The fourth-order valence-electron chi connectivity index (χ4n) is 2.59. The molecule has 0 aliphatic heterocycles. The molecule has 3 aromatic rings. The molecule has 1 heterocycles. The molecular weight excluding hydrogens is 358 g/mol. The Hall–Kier alpha value is -3.92. The maximum absolute atomic E-state index is 12.8. The van der Waals surface area contributed by atoms with Crippen LogP contribution < -0.4 is 5.32 Å². The van der Waals surface area contributed by atoms with Gasteiger partial charge in [-0.05, 0) is 31.2 Å². The van der Waals surface area contributed by atoms with Gasteiger partial charge in [0.2, 0.25) is 0 Å². The minimum atomic E-state index is -0.519. The van der Waals surface area contributed by atoms with Gasteiger partial charge in [0.05, 0.1) is 18.1 Å². The quantitative estimate of drug-likeness (QED) is 0.516. The van der Waals surface area contributed by atoms with Gasteiger partial charge in [0.1, 0.15) is 23.6 Å². The van der Waals surface area contributed by atoms with Crippen LogP contribution in [0.15, 0.2) is 59.1 Å². The average molecular weight is 375 g/mol. The summed E-state index contributed by atoms with van der Waals surface area (Å²) in [4.78, 5) is 24.6. The highest BCUT2D eigenvalue weighted by molar-refractivity contribution is 6.08. The molecule has 0 atom stereocenters. The molecule has 2 aromatic carbocycles. The number of benzene rings is 2. The topological polar surface area (TPSA) is 105 Å². The molecule has 1 N–H and O–H groups in total. The van der Waals surface area contributed by atoms with Crippen LogP contribution >= 0.6 is 0 Å². The van der Waals surface area contributed by atoms with E-state index in [1.165, 1.54) is 0 Å². The van der Waals surface area contributed by atoms with Crippen molar-refractivity contribution in [2.45, 2.75) is 13.3 Å². The molecule has 1 amide bonds. The number of aromatic nitrogens is 1. The zero-order valence-electron chi connectivity index (χ0n) is 15.1. The molecule has 28 heavy (non-hydrogen) atoms. The molecule has 0 bridgehead atoms. The van der Waals surface area contributed by atoms with Crippen molar-refractivity contribution in [1.82, 2.24) is 5.16 Å². The summed E-state index contributed by atoms with van der Waals surface area (Å²) in [7, 11) is 0. The van der Waals surface area contributed by atoms with E-state index in [-0.39, 0.29) is 18.9 Å². The zero-order chi connectivity index (χ0) is 19.9. The number of rotatable bonds is 6. The summed E-state index contributed by atoms with van der Waals surface area (Å²) in [6.45, 7) is 1.72. The highest BCUT2D eigenvalue weighted by atomic mass is 16.5. The number of carbonyl (C=O) groups excluding carboxylic acids is 2. The Morgan fingerprint density at radius 2 is 1.86 bits per heavy atom. The van der Waals surface area contributed by atoms with Crippen LogP contribution in [0, 0.1) is 18.3 Å². The lowest BCUT2D eigenvalue weighted by Gasteiger charge is -2.07. The van der Waals surface area contributed by atoms with Crippen LogP contribution in [0.1, 0.15) is 32.9 Å². The number of nitrogens with one attached hydrogen (secondary N) is 1. The van der Waals surface area contributed by atoms with E-state index in [9.17, 15) is 9.59 Å². The smallest absolute Gasteiger partial charge is 0.338 e. The van der Waals surface area contributed by atoms with Gasteiger partial charge in [0, 0.05) is 11.3 Å². The largest absolute Gasteiger partial charge is 0.461 e. The van der Waals surface area contributed by atoms with Crippen LogP contribution in [0.2, 0.25) is 0 Å². The minimum absolute atomic E-state index is 0.0445. The Kier molecular flexibility index (Phi) is 5.82. The van der Waals surface area contributed by atoms with Crippen molar-refractivity contribution in [3.05, 3.63) is 71.5 Å². The van der Waals surface area contributed by atoms with Crippen LogP contribution in [0.3, 0.4) is 0 Å². The van der Waals surface area contributed by atoms with Crippen molar-refractivity contribution >= 4 is 17.6 Å². The van der Waals surface area contributed by atoms with Gasteiger partial charge in [-0.3, -0.25) is 4.79 Å². The molecule has 0 saturated heterocycles. The van der Waals surface area contributed by atoms with Crippen molar-refractivity contribution in [3.8, 4) is 17.3 Å². The van der Waals surface area contributed by atoms with Gasteiger partial charge < -0.3 is 14.6 Å². The summed E-state index contributed by atoms with van der Waals surface area (Å²) in [5.41, 5.74) is 2.44. The van der Waals surface area contributed by atoms with Crippen molar-refractivity contribution in [3.63, 3.8) is 0 Å². The minimum Gasteiger partial charge on any atom is -0.461 e. The second-order valence-electron chi connectivity index (χ2n) is 5.90. The summed E-state index contributed by atoms with van der Waals surface area (Å²) >= 11 is 0. The van der Waals surface area contributed by atoms with Gasteiger partial charge in [-0.15, -0.1) is 0 Å². The lowest BCUT2D eigenvalue weighted by Crippen LogP contribution is -2.14. The summed E-state index contributed by atoms with van der Waals surface area (Å²) in [6.07, 6.45) is 0.141. The normalized spacial score (nSPS) is 10.1. The summed E-state index contributed by atoms with van der Waals surface area (Å²) in [6, 6.07) is 17.5. The molecule has 0 aliphatic carbocycles. The third-order valence-corrected chi connectivity index (χ3v) is 3.96. The first kappa shape index (κ1) is 18.9. The number of hydrogen-bond donors (Lipinski definition) is 1. The molecule has 0 fully saturated rings. The van der Waals surface area contributed by atoms with E-state index < -0.39 is 5.97 Å². The number of hydrogen-bond acceptors (Lipinski definition) is 6. The Morgan fingerprint density at radius 1 is 1.14 bits per heavy atom. The molecule has 3 rings (SSSR count). The lowest BCUT2D eigenvalue weighted by molar-refractivity contribution is 0.0513. The van der Waals surface area contributed by atoms with Gasteiger partial charge in [0.25, 0.3) is 5.91 Å². The maximum Gasteiger partial charge on any atom is 0.338 e. The van der Waals surface area contributed by atoms with Crippen LogP contribution in [-0.4, -0.2) is 23.6 Å². The third kappa shape index (κ3) is 4.24. The zero-order valence-corrected chi connectivity index (χ0v) is 15.1. The van der Waals surface area contributed by atoms with E-state index in [2.05, 4.69) is 10.5 Å². The standard InChI is InChI=1S/C21H17N3O4/c1-14-18(19(24-28-14)15-6-3-2-4-7-15)20(25)23-17-10-8-16(9-11-17)21(26)27-13-5-12-22/h2-4,6-11H,5,13H2,1H3,(H,23,25). The van der Waals surface area contributed by atoms with E-state index in [0.29, 0.717) is 28.3 Å². The first-order valence-corrected chi connectivity index (χ1v) is 8.57. The number of nitriles is 1. The molecule has 0 unspecified atom stereocenters. The molecule has 7 heteroatoms. The SMILES string of the molecule is Cc1onc(-c2ccccc2)c1C(=O)Nc1ccc(C(=O)OCCC#N)cc1. The fraction of sp³-hybridized carbons (Fsp3) is 0.143. The number of ether oxygens (including phenoxy) is 1. The maximum atomic E-state index is 12.8. The molecule has 140 valence electrons. The molecule has 7 nitrogen and oxygen atoms in total. The number of nitrogens with zero attached hydrogens (tertiary/aromatic N) is 2. The van der Waals surface area contributed by atoms with Crippen molar-refractivity contribution in [2.24, 2.45) is 0 Å². The van der Waals surface area contributed by atoms with Crippen LogP contribution in [0.5, 0.6) is 0 Å². The van der Waals surface area contributed by atoms with E-state index in [1.54, 1.807) is 31.2 Å². The number of anilines is 1. The molecule has 0 saturated carbocycles. The van der Waals surface area contributed by atoms with Gasteiger partial charge in [0.15, 0.2) is 0 Å². The van der Waals surface area contributed by atoms with Gasteiger partial charge >= 0.3 is 5.97 Å². The second-order valence-corrected chi connectivity index (χ2v) is 5.90. The Labute approximate surface area is 161 Å². The van der Waals surface area contributed by atoms with Crippen LogP contribution in [-0.2, 0) is 4.74 Å². The van der Waals surface area contributed by atoms with E-state index in [0.717, 1.165) is 5.56 Å². The van der Waals surface area contributed by atoms with Crippen LogP contribution in [0.4, 0.5) is 5.69 Å². The molecule has 1 aromatic heterocycles. The lowest BCUT2D eigenvalue weighted by atomic mass is 10.1. The van der Waals surface area contributed by atoms with Crippen molar-refractivity contribution < 1.29 is 18.8 Å². The molecule has 0 radical (unpaired) electrons. The molecule has 0 spiro atoms. The Morgan fingerprint density at radius 3 is 2.54 bits per heavy atom. The number of aryl methyl sites for hydroxylation is 1. The first-order valence-electron chi connectivity index (χ1n) is 8.57. The van der Waals surface area contributed by atoms with E-state index in [4.69, 9.17) is 14.5 Å². The van der Waals surface area contributed by atoms with Crippen LogP contribution in [0.25, 0.3) is 11.3 Å². The Balaban J connectivity index is 1.73. The second kappa shape index (κ2) is 8.64. The summed E-state index contributed by atoms with van der Waals surface area (Å²) < 4.78 is 10.2. The van der Waals surface area contributed by atoms with Crippen molar-refractivity contribution in [1.29, 1.82) is 5.26 Å². The molecule has 0 aliphatic rings. The van der Waals surface area contributed by atoms with E-state index >= 15 is 0 Å². The van der Waals surface area contributed by atoms with Crippen molar-refractivity contribution in [2.75, 3.05) is 11.9 Å². The Bertz CT molecular complexity index is 1020. The number of esters is 1. The van der Waals surface area contributed by atoms with Gasteiger partial charge in [-0.1, -0.05) is 35.5 Å². The third-order valence-electron chi connectivity index (χ3n) is 3.96. The van der Waals surface area contributed by atoms with Gasteiger partial charge in [-0.25, -0.2) is 4.79 Å². The highest BCUT2D eigenvalue weighted by Crippen LogP contribution is 2.26. The molecular formula is C21H17N3O4. The number of amides is 1. The average Bonchev–Trinajstić information content (AvgIpc) is 3.11. The van der Waals surface area contributed by atoms with E-state index in [1.807, 2.05) is 36.4 Å². The predicted molar refractivity (Wildman–Crippen MR) is 102 cm³/mol. The summed E-state index contributed by atoms with van der Waals surface area (Å²) in [5, 5.41) is 15.2. The van der Waals surface area contributed by atoms with Gasteiger partial charge in [-0.2, -0.15) is 5.26 Å². The summed E-state index contributed by atoms with van der Waals surface area (Å²) in [5.74, 6) is -0.467. The highest BCUT2D eigenvalue weighted by Gasteiger charge is 2.21. The first-order chi connectivity index (χ1) is 13.6. The fourth-order valence-corrected chi connectivity index (χ4v) is 2.59. The number of carbonyl (C=O) groups is 2. The monoisotopic (exact) mass is 375 g/mol.